The number of carbonyl (C=O) groups is 3. The van der Waals surface area contributed by atoms with E-state index in [2.05, 4.69) is 5.32 Å². The molecule has 0 unspecified atom stereocenters. The second-order valence-electron chi connectivity index (χ2n) is 4.76. The van der Waals surface area contributed by atoms with Crippen molar-refractivity contribution in [3.8, 4) is 0 Å². The number of rotatable bonds is 6. The Morgan fingerprint density at radius 2 is 1.71 bits per heavy atom. The molecule has 0 rings (SSSR count). The average Bonchev–Trinajstić information content (AvgIpc) is 2.20. The standard InChI is InChI=1S/C12H21NO4/c1-5-9(14)6-7-10(15)13-8-11(16)17-12(2,3)4/h5-8H2,1-4H3,(H,13,15). The van der Waals surface area contributed by atoms with Gasteiger partial charge >= 0.3 is 5.97 Å². The molecule has 1 amide bonds. The lowest BCUT2D eigenvalue weighted by molar-refractivity contribution is -0.154. The van der Waals surface area contributed by atoms with Crippen LogP contribution in [0.1, 0.15) is 47.0 Å². The van der Waals surface area contributed by atoms with Crippen molar-refractivity contribution >= 4 is 17.7 Å². The van der Waals surface area contributed by atoms with Crippen LogP contribution in [0.5, 0.6) is 0 Å². The molecule has 0 saturated heterocycles. The van der Waals surface area contributed by atoms with E-state index >= 15 is 0 Å². The van der Waals surface area contributed by atoms with Crippen LogP contribution >= 0.6 is 0 Å². The van der Waals surface area contributed by atoms with Crippen LogP contribution in [0, 0.1) is 0 Å². The minimum absolute atomic E-state index is 0.0393. The van der Waals surface area contributed by atoms with Crippen LogP contribution in [-0.4, -0.2) is 29.8 Å². The first-order chi connectivity index (χ1) is 7.74. The lowest BCUT2D eigenvalue weighted by Gasteiger charge is -2.19. The predicted octanol–water partition coefficient (Wildman–Crippen LogP) is 1.20. The highest BCUT2D eigenvalue weighted by Gasteiger charge is 2.16. The van der Waals surface area contributed by atoms with Gasteiger partial charge in [-0.25, -0.2) is 0 Å². The number of hydrogen-bond acceptors (Lipinski definition) is 4. The molecule has 5 nitrogen and oxygen atoms in total. The zero-order valence-corrected chi connectivity index (χ0v) is 11.0. The number of Topliss-reactive ketones (excluding diaryl/α,β-unsaturated/α-hetero) is 1. The first kappa shape index (κ1) is 15.6. The molecule has 0 aliphatic carbocycles. The molecule has 0 aromatic rings. The van der Waals surface area contributed by atoms with Crippen molar-refractivity contribution in [1.29, 1.82) is 0 Å². The molecule has 5 heteroatoms. The first-order valence-electron chi connectivity index (χ1n) is 5.75. The van der Waals surface area contributed by atoms with Crippen LogP contribution in [0.3, 0.4) is 0 Å². The summed E-state index contributed by atoms with van der Waals surface area (Å²) in [7, 11) is 0. The van der Waals surface area contributed by atoms with Crippen molar-refractivity contribution in [3.05, 3.63) is 0 Å². The van der Waals surface area contributed by atoms with Gasteiger partial charge in [0.25, 0.3) is 0 Å². The first-order valence-corrected chi connectivity index (χ1v) is 5.75. The van der Waals surface area contributed by atoms with Crippen LogP contribution in [-0.2, 0) is 19.1 Å². The number of hydrogen-bond donors (Lipinski definition) is 1. The molecule has 0 aromatic carbocycles. The van der Waals surface area contributed by atoms with Crippen molar-refractivity contribution in [2.75, 3.05) is 6.54 Å². The molecule has 0 aromatic heterocycles. The Hall–Kier alpha value is -1.39. The molecule has 0 fully saturated rings. The Labute approximate surface area is 102 Å². The number of ether oxygens (including phenoxy) is 1. The van der Waals surface area contributed by atoms with E-state index in [1.165, 1.54) is 0 Å². The second kappa shape index (κ2) is 7.04. The smallest absolute Gasteiger partial charge is 0.325 e. The summed E-state index contributed by atoms with van der Waals surface area (Å²) in [6.45, 7) is 6.86. The van der Waals surface area contributed by atoms with Gasteiger partial charge in [0.15, 0.2) is 0 Å². The molecule has 98 valence electrons. The van der Waals surface area contributed by atoms with Crippen molar-refractivity contribution in [2.45, 2.75) is 52.6 Å². The molecule has 0 spiro atoms. The molecule has 0 aliphatic rings. The Bertz CT molecular complexity index is 291. The lowest BCUT2D eigenvalue weighted by Crippen LogP contribution is -2.34. The molecule has 0 atom stereocenters. The maximum absolute atomic E-state index is 11.3. The minimum atomic E-state index is -0.556. The van der Waals surface area contributed by atoms with E-state index in [-0.39, 0.29) is 31.1 Å². The van der Waals surface area contributed by atoms with Gasteiger partial charge in [-0.3, -0.25) is 14.4 Å². The van der Waals surface area contributed by atoms with Gasteiger partial charge < -0.3 is 10.1 Å². The summed E-state index contributed by atoms with van der Waals surface area (Å²) in [6, 6.07) is 0. The fourth-order valence-corrected chi connectivity index (χ4v) is 1.07. The van der Waals surface area contributed by atoms with Gasteiger partial charge in [0, 0.05) is 19.3 Å². The number of nitrogens with one attached hydrogen (secondary N) is 1. The van der Waals surface area contributed by atoms with E-state index in [0.29, 0.717) is 6.42 Å². The summed E-state index contributed by atoms with van der Waals surface area (Å²) in [6.07, 6.45) is 0.769. The third kappa shape index (κ3) is 9.53. The highest BCUT2D eigenvalue weighted by atomic mass is 16.6. The number of esters is 1. The number of carbonyl (C=O) groups excluding carboxylic acids is 3. The van der Waals surface area contributed by atoms with Crippen LogP contribution in [0.4, 0.5) is 0 Å². The molecule has 1 N–H and O–H groups in total. The monoisotopic (exact) mass is 243 g/mol. The highest BCUT2D eigenvalue weighted by molar-refractivity contribution is 5.86. The van der Waals surface area contributed by atoms with Gasteiger partial charge in [0.2, 0.25) is 5.91 Å². The van der Waals surface area contributed by atoms with Crippen LogP contribution < -0.4 is 5.32 Å². The molecule has 0 radical (unpaired) electrons. The maximum atomic E-state index is 11.3. The van der Waals surface area contributed by atoms with E-state index in [1.807, 2.05) is 0 Å². The molecule has 0 aliphatic heterocycles. The molecular formula is C12H21NO4. The van der Waals surface area contributed by atoms with Gasteiger partial charge in [-0.15, -0.1) is 0 Å². The topological polar surface area (TPSA) is 72.5 Å². The third-order valence-electron chi connectivity index (χ3n) is 1.88. The van der Waals surface area contributed by atoms with Gasteiger partial charge in [-0.05, 0) is 20.8 Å². The van der Waals surface area contributed by atoms with E-state index < -0.39 is 11.6 Å². The average molecular weight is 243 g/mol. The zero-order valence-electron chi connectivity index (χ0n) is 11.0. The Kier molecular flexibility index (Phi) is 6.46. The van der Waals surface area contributed by atoms with E-state index in [0.717, 1.165) is 0 Å². The summed E-state index contributed by atoms with van der Waals surface area (Å²) in [5.41, 5.74) is -0.556. The molecule has 17 heavy (non-hydrogen) atoms. The fourth-order valence-electron chi connectivity index (χ4n) is 1.07. The SMILES string of the molecule is CCC(=O)CCC(=O)NCC(=O)OC(C)(C)C. The Morgan fingerprint density at radius 3 is 2.18 bits per heavy atom. The maximum Gasteiger partial charge on any atom is 0.325 e. The Morgan fingerprint density at radius 1 is 1.12 bits per heavy atom. The van der Waals surface area contributed by atoms with Crippen LogP contribution in [0.2, 0.25) is 0 Å². The molecule has 0 heterocycles. The van der Waals surface area contributed by atoms with E-state index in [9.17, 15) is 14.4 Å². The zero-order chi connectivity index (χ0) is 13.5. The molecule has 0 saturated carbocycles. The minimum Gasteiger partial charge on any atom is -0.459 e. The number of ketones is 1. The summed E-state index contributed by atoms with van der Waals surface area (Å²) >= 11 is 0. The Balaban J connectivity index is 3.77. The van der Waals surface area contributed by atoms with Crippen LogP contribution in [0.15, 0.2) is 0 Å². The summed E-state index contributed by atoms with van der Waals surface area (Å²) < 4.78 is 5.01. The van der Waals surface area contributed by atoms with Gasteiger partial charge in [0.05, 0.1) is 0 Å². The van der Waals surface area contributed by atoms with E-state index in [1.54, 1.807) is 27.7 Å². The van der Waals surface area contributed by atoms with Crippen molar-refractivity contribution in [3.63, 3.8) is 0 Å². The van der Waals surface area contributed by atoms with Crippen LogP contribution in [0.25, 0.3) is 0 Å². The highest BCUT2D eigenvalue weighted by Crippen LogP contribution is 2.06. The summed E-state index contributed by atoms with van der Waals surface area (Å²) in [5, 5.41) is 2.42. The summed E-state index contributed by atoms with van der Waals surface area (Å²) in [4.78, 5) is 33.5. The third-order valence-corrected chi connectivity index (χ3v) is 1.88. The predicted molar refractivity (Wildman–Crippen MR) is 63.4 cm³/mol. The summed E-state index contributed by atoms with van der Waals surface area (Å²) in [5.74, 6) is -0.747. The number of amides is 1. The van der Waals surface area contributed by atoms with Crippen molar-refractivity contribution in [2.24, 2.45) is 0 Å². The molecular weight excluding hydrogens is 222 g/mol. The fraction of sp³-hybridized carbons (Fsp3) is 0.750. The lowest BCUT2D eigenvalue weighted by atomic mass is 10.2. The van der Waals surface area contributed by atoms with Gasteiger partial charge in [-0.2, -0.15) is 0 Å². The molecule has 0 bridgehead atoms. The van der Waals surface area contributed by atoms with Gasteiger partial charge in [-0.1, -0.05) is 6.92 Å². The van der Waals surface area contributed by atoms with E-state index in [4.69, 9.17) is 4.74 Å². The second-order valence-corrected chi connectivity index (χ2v) is 4.76. The normalized spacial score (nSPS) is 10.8. The van der Waals surface area contributed by atoms with Crippen molar-refractivity contribution < 1.29 is 19.1 Å². The quantitative estimate of drug-likeness (QED) is 0.711. The van der Waals surface area contributed by atoms with Crippen molar-refractivity contribution in [1.82, 2.24) is 5.32 Å². The van der Waals surface area contributed by atoms with Gasteiger partial charge in [0.1, 0.15) is 17.9 Å². The largest absolute Gasteiger partial charge is 0.459 e.